The predicted molar refractivity (Wildman–Crippen MR) is 52.9 cm³/mol. The van der Waals surface area contributed by atoms with Gasteiger partial charge < -0.3 is 9.52 Å². The third-order valence-electron chi connectivity index (χ3n) is 2.20. The quantitative estimate of drug-likeness (QED) is 0.882. The molecule has 1 heterocycles. The highest BCUT2D eigenvalue weighted by Gasteiger charge is 2.33. The van der Waals surface area contributed by atoms with E-state index in [1.165, 1.54) is 18.2 Å². The van der Waals surface area contributed by atoms with Gasteiger partial charge in [-0.05, 0) is 6.07 Å². The first kappa shape index (κ1) is 11.7. The summed E-state index contributed by atoms with van der Waals surface area (Å²) in [7, 11) is 0. The third kappa shape index (κ3) is 2.31. The van der Waals surface area contributed by atoms with Gasteiger partial charge >= 0.3 is 6.18 Å². The molecule has 1 aromatic carbocycles. The van der Waals surface area contributed by atoms with E-state index in [-0.39, 0.29) is 17.1 Å². The van der Waals surface area contributed by atoms with E-state index in [1.807, 2.05) is 0 Å². The van der Waals surface area contributed by atoms with E-state index in [0.29, 0.717) is 0 Å². The molecule has 6 heteroatoms. The average Bonchev–Trinajstić information content (AvgIpc) is 2.76. The molecule has 0 aliphatic heterocycles. The van der Waals surface area contributed by atoms with Crippen molar-refractivity contribution in [1.82, 2.24) is 4.98 Å². The van der Waals surface area contributed by atoms with Crippen LogP contribution in [0, 0.1) is 0 Å². The first-order valence-corrected chi connectivity index (χ1v) is 4.74. The molecule has 0 amide bonds. The van der Waals surface area contributed by atoms with Crippen molar-refractivity contribution < 1.29 is 22.7 Å². The molecule has 90 valence electrons. The lowest BCUT2D eigenvalue weighted by Gasteiger charge is -2.10. The van der Waals surface area contributed by atoms with Crippen LogP contribution < -0.4 is 0 Å². The van der Waals surface area contributed by atoms with Gasteiger partial charge in [0.1, 0.15) is 18.6 Å². The first-order valence-electron chi connectivity index (χ1n) is 4.74. The van der Waals surface area contributed by atoms with Crippen LogP contribution in [0.15, 0.2) is 34.9 Å². The second-order valence-electron chi connectivity index (χ2n) is 3.33. The number of hydrogen-bond acceptors (Lipinski definition) is 3. The minimum atomic E-state index is -4.45. The van der Waals surface area contributed by atoms with E-state index >= 15 is 0 Å². The Morgan fingerprint density at radius 2 is 1.94 bits per heavy atom. The number of benzene rings is 1. The van der Waals surface area contributed by atoms with Gasteiger partial charge in [0, 0.05) is 5.56 Å². The number of aliphatic hydroxyl groups excluding tert-OH is 1. The summed E-state index contributed by atoms with van der Waals surface area (Å²) in [5, 5.41) is 8.75. The normalized spacial score (nSPS) is 11.8. The van der Waals surface area contributed by atoms with Crippen LogP contribution in [-0.4, -0.2) is 10.1 Å². The monoisotopic (exact) mass is 243 g/mol. The zero-order chi connectivity index (χ0) is 12.5. The van der Waals surface area contributed by atoms with Gasteiger partial charge in [0.2, 0.25) is 5.89 Å². The van der Waals surface area contributed by atoms with E-state index in [2.05, 4.69) is 4.98 Å². The van der Waals surface area contributed by atoms with Crippen molar-refractivity contribution in [3.8, 4) is 11.3 Å². The Balaban J connectivity index is 2.52. The van der Waals surface area contributed by atoms with Gasteiger partial charge in [-0.25, -0.2) is 4.98 Å². The zero-order valence-corrected chi connectivity index (χ0v) is 8.53. The summed E-state index contributed by atoms with van der Waals surface area (Å²) >= 11 is 0. The largest absolute Gasteiger partial charge is 0.446 e. The van der Waals surface area contributed by atoms with Crippen molar-refractivity contribution >= 4 is 0 Å². The summed E-state index contributed by atoms with van der Waals surface area (Å²) in [6.45, 7) is -0.450. The van der Waals surface area contributed by atoms with Crippen LogP contribution in [0.4, 0.5) is 13.2 Å². The summed E-state index contributed by atoms with van der Waals surface area (Å²) in [4.78, 5) is 3.76. The molecule has 0 aliphatic carbocycles. The van der Waals surface area contributed by atoms with Crippen LogP contribution in [0.1, 0.15) is 11.5 Å². The number of oxazole rings is 1. The van der Waals surface area contributed by atoms with E-state index < -0.39 is 18.3 Å². The highest BCUT2D eigenvalue weighted by molar-refractivity contribution is 5.63. The minimum Gasteiger partial charge on any atom is -0.446 e. The SMILES string of the molecule is OCc1nc(-c2ccccc2C(F)(F)F)co1. The van der Waals surface area contributed by atoms with Crippen molar-refractivity contribution in [2.75, 3.05) is 0 Å². The summed E-state index contributed by atoms with van der Waals surface area (Å²) in [5.74, 6) is -0.0167. The topological polar surface area (TPSA) is 46.3 Å². The number of halogens is 3. The Labute approximate surface area is 94.5 Å². The van der Waals surface area contributed by atoms with Crippen molar-refractivity contribution in [3.05, 3.63) is 42.0 Å². The van der Waals surface area contributed by atoms with E-state index in [1.54, 1.807) is 0 Å². The molecule has 0 radical (unpaired) electrons. The van der Waals surface area contributed by atoms with E-state index in [0.717, 1.165) is 12.3 Å². The van der Waals surface area contributed by atoms with Crippen LogP contribution in [0.5, 0.6) is 0 Å². The molecule has 0 bridgehead atoms. The summed E-state index contributed by atoms with van der Waals surface area (Å²) in [5.41, 5.74) is -0.789. The van der Waals surface area contributed by atoms with Crippen LogP contribution >= 0.6 is 0 Å². The maximum atomic E-state index is 12.7. The van der Waals surface area contributed by atoms with Gasteiger partial charge in [-0.15, -0.1) is 0 Å². The molecule has 0 saturated carbocycles. The molecule has 0 spiro atoms. The Hall–Kier alpha value is -1.82. The van der Waals surface area contributed by atoms with Crippen molar-refractivity contribution in [2.24, 2.45) is 0 Å². The molecule has 1 aromatic heterocycles. The summed E-state index contributed by atoms with van der Waals surface area (Å²) < 4.78 is 43.0. The summed E-state index contributed by atoms with van der Waals surface area (Å²) in [6, 6.07) is 5.07. The number of alkyl halides is 3. The molecular formula is C11H8F3NO2. The van der Waals surface area contributed by atoms with E-state index in [4.69, 9.17) is 9.52 Å². The highest BCUT2D eigenvalue weighted by Crippen LogP contribution is 2.36. The van der Waals surface area contributed by atoms with Crippen molar-refractivity contribution in [1.29, 1.82) is 0 Å². The van der Waals surface area contributed by atoms with Crippen LogP contribution in [0.2, 0.25) is 0 Å². The molecule has 3 nitrogen and oxygen atoms in total. The van der Waals surface area contributed by atoms with Crippen molar-refractivity contribution in [2.45, 2.75) is 12.8 Å². The Kier molecular flexibility index (Phi) is 2.89. The lowest BCUT2D eigenvalue weighted by molar-refractivity contribution is -0.137. The molecule has 17 heavy (non-hydrogen) atoms. The van der Waals surface area contributed by atoms with Crippen LogP contribution in [-0.2, 0) is 12.8 Å². The standard InChI is InChI=1S/C11H8F3NO2/c12-11(13,14)8-4-2-1-3-7(8)9-6-17-10(5-16)15-9/h1-4,6,16H,5H2. The molecule has 0 fully saturated rings. The van der Waals surface area contributed by atoms with Gasteiger partial charge in [0.25, 0.3) is 0 Å². The number of aromatic nitrogens is 1. The van der Waals surface area contributed by atoms with Crippen LogP contribution in [0.25, 0.3) is 11.3 Å². The lowest BCUT2D eigenvalue weighted by Crippen LogP contribution is -2.06. The molecule has 0 saturated heterocycles. The zero-order valence-electron chi connectivity index (χ0n) is 8.53. The molecule has 0 unspecified atom stereocenters. The van der Waals surface area contributed by atoms with Gasteiger partial charge in [-0.3, -0.25) is 0 Å². The Morgan fingerprint density at radius 1 is 1.24 bits per heavy atom. The Bertz CT molecular complexity index is 519. The maximum Gasteiger partial charge on any atom is 0.417 e. The number of nitrogens with zero attached hydrogens (tertiary/aromatic N) is 1. The van der Waals surface area contributed by atoms with Gasteiger partial charge in [0.15, 0.2) is 0 Å². The number of rotatable bonds is 2. The van der Waals surface area contributed by atoms with Gasteiger partial charge in [-0.2, -0.15) is 13.2 Å². The smallest absolute Gasteiger partial charge is 0.417 e. The maximum absolute atomic E-state index is 12.7. The van der Waals surface area contributed by atoms with Gasteiger partial charge in [0.05, 0.1) is 5.56 Å². The summed E-state index contributed by atoms with van der Waals surface area (Å²) in [6.07, 6.45) is -3.36. The molecule has 2 rings (SSSR count). The molecule has 1 N–H and O–H groups in total. The third-order valence-corrected chi connectivity index (χ3v) is 2.20. The first-order chi connectivity index (χ1) is 8.02. The lowest BCUT2D eigenvalue weighted by atomic mass is 10.1. The van der Waals surface area contributed by atoms with Crippen LogP contribution in [0.3, 0.4) is 0 Å². The predicted octanol–water partition coefficient (Wildman–Crippen LogP) is 2.85. The van der Waals surface area contributed by atoms with Crippen molar-refractivity contribution in [3.63, 3.8) is 0 Å². The number of hydrogen-bond donors (Lipinski definition) is 1. The Morgan fingerprint density at radius 3 is 2.53 bits per heavy atom. The molecule has 0 atom stereocenters. The fraction of sp³-hybridized carbons (Fsp3) is 0.182. The molecule has 2 aromatic rings. The second-order valence-corrected chi connectivity index (χ2v) is 3.33. The number of aliphatic hydroxyl groups is 1. The fourth-order valence-corrected chi connectivity index (χ4v) is 1.46. The molecular weight excluding hydrogens is 235 g/mol. The fourth-order valence-electron chi connectivity index (χ4n) is 1.46. The second kappa shape index (κ2) is 4.21. The highest BCUT2D eigenvalue weighted by atomic mass is 19.4. The minimum absolute atomic E-state index is 0.0167. The van der Waals surface area contributed by atoms with Gasteiger partial charge in [-0.1, -0.05) is 18.2 Å². The molecule has 0 aliphatic rings. The average molecular weight is 243 g/mol. The van der Waals surface area contributed by atoms with E-state index in [9.17, 15) is 13.2 Å².